The van der Waals surface area contributed by atoms with Crippen molar-refractivity contribution in [2.45, 2.75) is 91.3 Å². The molecule has 1 N–H and O–H groups in total. The van der Waals surface area contributed by atoms with E-state index in [9.17, 15) is 14.7 Å². The Hall–Kier alpha value is -1.62. The summed E-state index contributed by atoms with van der Waals surface area (Å²) in [5.74, 6) is -2.92. The Morgan fingerprint density at radius 1 is 1.40 bits per heavy atom. The van der Waals surface area contributed by atoms with E-state index in [4.69, 9.17) is 20.4 Å². The van der Waals surface area contributed by atoms with Gasteiger partial charge in [0.25, 0.3) is 0 Å². The quantitative estimate of drug-likeness (QED) is 0.629. The molecule has 0 saturated carbocycles. The maximum atomic E-state index is 13.3. The first-order valence-electron chi connectivity index (χ1n) is 14.7. The molecule has 0 aromatic rings. The van der Waals surface area contributed by atoms with Crippen LogP contribution in [0.2, 0.25) is 0 Å². The lowest BCUT2D eigenvalue weighted by Gasteiger charge is -2.44. The molecule has 1 saturated heterocycles. The van der Waals surface area contributed by atoms with Crippen LogP contribution in [0.15, 0.2) is 23.8 Å². The van der Waals surface area contributed by atoms with E-state index in [2.05, 4.69) is 0 Å². The van der Waals surface area contributed by atoms with Crippen molar-refractivity contribution in [2.24, 2.45) is 29.1 Å². The molecule has 1 fully saturated rings. The normalized spacial score (nSPS) is 41.8. The molecule has 0 aromatic carbocycles. The first-order valence-corrected chi connectivity index (χ1v) is 10.7. The van der Waals surface area contributed by atoms with Crippen LogP contribution in [0.4, 0.5) is 0 Å². The van der Waals surface area contributed by atoms with Gasteiger partial charge in [-0.1, -0.05) is 38.9 Å². The van der Waals surface area contributed by atoms with E-state index in [-0.39, 0.29) is 24.7 Å². The molecule has 5 heteroatoms. The summed E-state index contributed by atoms with van der Waals surface area (Å²) in [5, 5.41) is 9.97. The van der Waals surface area contributed by atoms with Gasteiger partial charge in [-0.05, 0) is 62.8 Å². The molecule has 0 aromatic heterocycles. The number of aliphatic hydroxyl groups is 1. The van der Waals surface area contributed by atoms with E-state index in [0.29, 0.717) is 24.8 Å². The molecule has 30 heavy (non-hydrogen) atoms. The molecular weight excluding hydrogens is 380 g/mol. The molecule has 168 valence electrons. The fourth-order valence-corrected chi connectivity index (χ4v) is 4.76. The van der Waals surface area contributed by atoms with Crippen molar-refractivity contribution in [3.63, 3.8) is 0 Å². The third-order valence-electron chi connectivity index (χ3n) is 6.53. The second-order valence-corrected chi connectivity index (χ2v) is 9.39. The van der Waals surface area contributed by atoms with Gasteiger partial charge in [0.2, 0.25) is 0 Å². The van der Waals surface area contributed by atoms with Gasteiger partial charge in [0, 0.05) is 23.3 Å². The fraction of sp³-hybridized carbons (Fsp3) is 0.760. The molecule has 0 bridgehead atoms. The predicted octanol–water partition coefficient (Wildman–Crippen LogP) is 4.59. The van der Waals surface area contributed by atoms with Gasteiger partial charge in [0.05, 0.1) is 17.9 Å². The SMILES string of the molecule is [2H]C([2H])([2H])[C@H]1C=C2C=C[C@H](C)[C@H](CCC3C[C@@H](O)CC(=O)O3)[C@H]2[C@@H](OC(=O)C(C)(C)C([2H])([2H])C([2H])([2H])[2H])C1. The highest BCUT2D eigenvalue weighted by molar-refractivity contribution is 5.76. The lowest BCUT2D eigenvalue weighted by atomic mass is 9.65. The van der Waals surface area contributed by atoms with Gasteiger partial charge >= 0.3 is 11.9 Å². The smallest absolute Gasteiger partial charge is 0.311 e. The fourth-order valence-electron chi connectivity index (χ4n) is 4.76. The predicted molar refractivity (Wildman–Crippen MR) is 115 cm³/mol. The lowest BCUT2D eigenvalue weighted by Crippen LogP contribution is -2.43. The number of cyclic esters (lactones) is 1. The van der Waals surface area contributed by atoms with Crippen molar-refractivity contribution < 1.29 is 35.1 Å². The number of fused-ring (bicyclic) bond motifs is 1. The maximum absolute atomic E-state index is 13.3. The molecule has 0 spiro atoms. The van der Waals surface area contributed by atoms with Gasteiger partial charge in [0.1, 0.15) is 12.2 Å². The Kier molecular flexibility index (Phi) is 4.45. The molecule has 5 nitrogen and oxygen atoms in total. The number of rotatable bonds is 6. The molecule has 1 unspecified atom stereocenters. The van der Waals surface area contributed by atoms with Crippen LogP contribution < -0.4 is 0 Å². The molecule has 1 aliphatic heterocycles. The van der Waals surface area contributed by atoms with Gasteiger partial charge in [-0.15, -0.1) is 0 Å². The van der Waals surface area contributed by atoms with Crippen LogP contribution in [-0.2, 0) is 19.1 Å². The van der Waals surface area contributed by atoms with Crippen LogP contribution >= 0.6 is 0 Å². The third kappa shape index (κ3) is 5.16. The van der Waals surface area contributed by atoms with Crippen LogP contribution in [0.25, 0.3) is 0 Å². The molecule has 0 amide bonds. The first-order chi connectivity index (χ1) is 17.3. The Labute approximate surface area is 192 Å². The topological polar surface area (TPSA) is 72.8 Å². The third-order valence-corrected chi connectivity index (χ3v) is 6.53. The van der Waals surface area contributed by atoms with Gasteiger partial charge in [-0.2, -0.15) is 0 Å². The summed E-state index contributed by atoms with van der Waals surface area (Å²) < 4.78 is 74.3. The molecule has 7 atom stereocenters. The summed E-state index contributed by atoms with van der Waals surface area (Å²) in [7, 11) is 0. The van der Waals surface area contributed by atoms with Crippen LogP contribution in [0.5, 0.6) is 0 Å². The Morgan fingerprint density at radius 2 is 2.20 bits per heavy atom. The summed E-state index contributed by atoms with van der Waals surface area (Å²) in [5.41, 5.74) is -1.33. The number of esters is 2. The molecular formula is C25H38O5. The van der Waals surface area contributed by atoms with Crippen molar-refractivity contribution in [1.82, 2.24) is 0 Å². The second-order valence-electron chi connectivity index (χ2n) is 9.39. The number of aliphatic hydroxyl groups excluding tert-OH is 1. The van der Waals surface area contributed by atoms with Crippen molar-refractivity contribution in [2.75, 3.05) is 0 Å². The van der Waals surface area contributed by atoms with E-state index < -0.39 is 67.6 Å². The zero-order valence-corrected chi connectivity index (χ0v) is 17.9. The van der Waals surface area contributed by atoms with Crippen molar-refractivity contribution >= 4 is 11.9 Å². The highest BCUT2D eigenvalue weighted by atomic mass is 16.6. The van der Waals surface area contributed by atoms with E-state index in [1.807, 2.05) is 19.1 Å². The van der Waals surface area contributed by atoms with E-state index in [1.54, 1.807) is 6.08 Å². The molecule has 3 rings (SSSR count). The minimum absolute atomic E-state index is 0.00806. The van der Waals surface area contributed by atoms with E-state index in [0.717, 1.165) is 0 Å². The number of hydrogen-bond donors (Lipinski definition) is 1. The van der Waals surface area contributed by atoms with Crippen molar-refractivity contribution in [3.05, 3.63) is 23.8 Å². The summed E-state index contributed by atoms with van der Waals surface area (Å²) in [6.45, 7) is -1.07. The molecule has 1 heterocycles. The average Bonchev–Trinajstić information content (AvgIpc) is 2.76. The summed E-state index contributed by atoms with van der Waals surface area (Å²) in [6, 6.07) is 0. The number of ether oxygens (including phenoxy) is 2. The van der Waals surface area contributed by atoms with Crippen LogP contribution in [0, 0.1) is 29.1 Å². The van der Waals surface area contributed by atoms with Crippen molar-refractivity contribution in [1.29, 1.82) is 0 Å². The Morgan fingerprint density at radius 3 is 2.90 bits per heavy atom. The van der Waals surface area contributed by atoms with Gasteiger partial charge in [0.15, 0.2) is 0 Å². The highest BCUT2D eigenvalue weighted by Gasteiger charge is 2.43. The molecule has 2 aliphatic carbocycles. The second kappa shape index (κ2) is 9.25. The number of hydrogen-bond acceptors (Lipinski definition) is 5. The summed E-state index contributed by atoms with van der Waals surface area (Å²) in [4.78, 5) is 25.1. The van der Waals surface area contributed by atoms with E-state index in [1.165, 1.54) is 13.8 Å². The number of allylic oxidation sites excluding steroid dienone is 3. The van der Waals surface area contributed by atoms with Gasteiger partial charge in [-0.3, -0.25) is 9.59 Å². The minimum atomic E-state index is -3.08. The first kappa shape index (κ1) is 14.4. The number of carbonyl (C=O) groups excluding carboxylic acids is 2. The largest absolute Gasteiger partial charge is 0.462 e. The summed E-state index contributed by atoms with van der Waals surface area (Å²) >= 11 is 0. The Balaban J connectivity index is 1.91. The van der Waals surface area contributed by atoms with Gasteiger partial charge in [-0.25, -0.2) is 0 Å². The zero-order valence-electron chi connectivity index (χ0n) is 25.9. The number of carbonyl (C=O) groups is 2. The molecule has 3 aliphatic rings. The van der Waals surface area contributed by atoms with Crippen LogP contribution in [-0.4, -0.2) is 35.4 Å². The molecule has 0 radical (unpaired) electrons. The Bertz CT molecular complexity index is 968. The zero-order chi connectivity index (χ0) is 28.8. The van der Waals surface area contributed by atoms with Crippen LogP contribution in [0.3, 0.4) is 0 Å². The lowest BCUT2D eigenvalue weighted by molar-refractivity contribution is -0.166. The van der Waals surface area contributed by atoms with Crippen LogP contribution in [0.1, 0.15) is 83.9 Å². The van der Waals surface area contributed by atoms with Crippen molar-refractivity contribution in [3.8, 4) is 0 Å². The minimum Gasteiger partial charge on any atom is -0.462 e. The monoisotopic (exact) mass is 426 g/mol. The highest BCUT2D eigenvalue weighted by Crippen LogP contribution is 2.45. The van der Waals surface area contributed by atoms with Gasteiger partial charge < -0.3 is 14.6 Å². The summed E-state index contributed by atoms with van der Waals surface area (Å²) in [6.07, 6.45) is 1.74. The van der Waals surface area contributed by atoms with E-state index >= 15 is 0 Å². The maximum Gasteiger partial charge on any atom is 0.311 e. The standard InChI is InChI=1S/C25H38O5/c1-6-25(4,5)24(28)30-21-12-15(2)11-17-8-7-16(3)20(23(17)21)10-9-19-13-18(26)14-22(27)29-19/h7-8,11,15-16,18-21,23,26H,6,9-10,12-14H2,1-5H3/t15-,16-,18+,19?,20-,21-,23-/m0/s1/i1D3,2D3,6D2. The average molecular weight is 427 g/mol.